The largest absolute Gasteiger partial charge is 0.484 e. The molecule has 3 rings (SSSR count). The number of aliphatic hydroxyl groups excluding tert-OH is 1. The normalized spacial score (nSPS) is 12.0. The number of aliphatic hydroxyl groups is 1. The third-order valence-corrected chi connectivity index (χ3v) is 5.36. The number of carbonyl (C=O) groups excluding carboxylic acids is 1. The van der Waals surface area contributed by atoms with E-state index in [2.05, 4.69) is 11.4 Å². The van der Waals surface area contributed by atoms with E-state index in [0.717, 1.165) is 17.2 Å². The SMILES string of the molecule is O=C(COc1ccc2ccccc2c1)NCC[C@@H](CCO)c1cccs1. The average Bonchev–Trinajstić information content (AvgIpc) is 3.20. The highest BCUT2D eigenvalue weighted by atomic mass is 32.1. The first kappa shape index (κ1) is 18.4. The van der Waals surface area contributed by atoms with Crippen molar-refractivity contribution in [3.05, 3.63) is 64.9 Å². The number of hydrogen-bond donors (Lipinski definition) is 2. The summed E-state index contributed by atoms with van der Waals surface area (Å²) in [6.45, 7) is 0.728. The summed E-state index contributed by atoms with van der Waals surface area (Å²) in [7, 11) is 0. The molecule has 1 aromatic heterocycles. The predicted molar refractivity (Wildman–Crippen MR) is 106 cm³/mol. The summed E-state index contributed by atoms with van der Waals surface area (Å²) in [6, 6.07) is 17.9. The molecule has 3 aromatic rings. The van der Waals surface area contributed by atoms with Crippen molar-refractivity contribution < 1.29 is 14.6 Å². The van der Waals surface area contributed by atoms with Gasteiger partial charge in [0.15, 0.2) is 6.61 Å². The third-order valence-electron chi connectivity index (χ3n) is 4.33. The van der Waals surface area contributed by atoms with E-state index in [9.17, 15) is 9.90 Å². The Morgan fingerprint density at radius 2 is 1.92 bits per heavy atom. The molecule has 0 fully saturated rings. The van der Waals surface area contributed by atoms with Gasteiger partial charge in [0.05, 0.1) is 0 Å². The fraction of sp³-hybridized carbons (Fsp3) is 0.286. The van der Waals surface area contributed by atoms with E-state index in [1.807, 2.05) is 53.9 Å². The fourth-order valence-electron chi connectivity index (χ4n) is 2.95. The van der Waals surface area contributed by atoms with Crippen molar-refractivity contribution in [2.45, 2.75) is 18.8 Å². The van der Waals surface area contributed by atoms with Crippen molar-refractivity contribution in [1.29, 1.82) is 0 Å². The van der Waals surface area contributed by atoms with Crippen LogP contribution in [-0.4, -0.2) is 30.8 Å². The summed E-state index contributed by atoms with van der Waals surface area (Å²) in [6.07, 6.45) is 1.52. The Balaban J connectivity index is 1.44. The summed E-state index contributed by atoms with van der Waals surface area (Å²) >= 11 is 1.69. The second kappa shape index (κ2) is 9.36. The van der Waals surface area contributed by atoms with E-state index in [1.165, 1.54) is 4.88 Å². The standard InChI is InChI=1S/C21H23NO3S/c23-12-10-17(20-6-3-13-26-20)9-11-22-21(24)15-25-19-8-7-16-4-1-2-5-18(16)14-19/h1-8,13-14,17,23H,9-12,15H2,(H,22,24)/t17-/m0/s1. The van der Waals surface area contributed by atoms with Gasteiger partial charge >= 0.3 is 0 Å². The van der Waals surface area contributed by atoms with E-state index in [-0.39, 0.29) is 25.0 Å². The van der Waals surface area contributed by atoms with Gasteiger partial charge < -0.3 is 15.2 Å². The minimum atomic E-state index is -0.132. The zero-order valence-electron chi connectivity index (χ0n) is 14.6. The van der Waals surface area contributed by atoms with Crippen LogP contribution < -0.4 is 10.1 Å². The lowest BCUT2D eigenvalue weighted by atomic mass is 10.00. The molecule has 5 heteroatoms. The average molecular weight is 369 g/mol. The topological polar surface area (TPSA) is 58.6 Å². The molecule has 0 radical (unpaired) electrons. The first-order valence-electron chi connectivity index (χ1n) is 8.79. The van der Waals surface area contributed by atoms with Crippen LogP contribution in [0.15, 0.2) is 60.0 Å². The minimum Gasteiger partial charge on any atom is -0.484 e. The Morgan fingerprint density at radius 3 is 2.69 bits per heavy atom. The van der Waals surface area contributed by atoms with Gasteiger partial charge in [-0.3, -0.25) is 4.79 Å². The van der Waals surface area contributed by atoms with Crippen LogP contribution in [0.4, 0.5) is 0 Å². The Bertz CT molecular complexity index is 832. The minimum absolute atomic E-state index is 0.00199. The molecule has 0 aliphatic carbocycles. The van der Waals surface area contributed by atoms with Gasteiger partial charge in [-0.1, -0.05) is 36.4 Å². The molecule has 136 valence electrons. The second-order valence-electron chi connectivity index (χ2n) is 6.16. The molecule has 1 amide bonds. The summed E-state index contributed by atoms with van der Waals surface area (Å²) in [4.78, 5) is 13.3. The molecule has 0 spiro atoms. The van der Waals surface area contributed by atoms with Crippen LogP contribution in [0.2, 0.25) is 0 Å². The van der Waals surface area contributed by atoms with Crippen molar-refractivity contribution >= 4 is 28.0 Å². The smallest absolute Gasteiger partial charge is 0.257 e. The number of hydrogen-bond acceptors (Lipinski definition) is 4. The number of benzene rings is 2. The summed E-state index contributed by atoms with van der Waals surface area (Å²) < 4.78 is 5.60. The van der Waals surface area contributed by atoms with E-state index in [1.54, 1.807) is 11.3 Å². The molecule has 0 aliphatic heterocycles. The predicted octanol–water partition coefficient (Wildman–Crippen LogP) is 3.95. The lowest BCUT2D eigenvalue weighted by Gasteiger charge is -2.14. The van der Waals surface area contributed by atoms with E-state index >= 15 is 0 Å². The van der Waals surface area contributed by atoms with Gasteiger partial charge in [-0.25, -0.2) is 0 Å². The Kier molecular flexibility index (Phi) is 6.63. The number of amides is 1. The maximum Gasteiger partial charge on any atom is 0.257 e. The molecule has 0 unspecified atom stereocenters. The number of nitrogens with one attached hydrogen (secondary N) is 1. The van der Waals surface area contributed by atoms with Gasteiger partial charge in [-0.05, 0) is 53.1 Å². The first-order chi connectivity index (χ1) is 12.8. The molecular formula is C21H23NO3S. The molecule has 2 aromatic carbocycles. The van der Waals surface area contributed by atoms with Gasteiger partial charge in [0.1, 0.15) is 5.75 Å². The molecule has 0 aliphatic rings. The van der Waals surface area contributed by atoms with Gasteiger partial charge in [0.25, 0.3) is 5.91 Å². The highest BCUT2D eigenvalue weighted by molar-refractivity contribution is 7.10. The highest BCUT2D eigenvalue weighted by Crippen LogP contribution is 2.26. The van der Waals surface area contributed by atoms with Gasteiger partial charge in [0.2, 0.25) is 0 Å². The van der Waals surface area contributed by atoms with Crippen LogP contribution in [0.25, 0.3) is 10.8 Å². The number of ether oxygens (including phenoxy) is 1. The molecule has 0 saturated heterocycles. The van der Waals surface area contributed by atoms with Gasteiger partial charge in [-0.2, -0.15) is 0 Å². The molecule has 0 saturated carbocycles. The summed E-state index contributed by atoms with van der Waals surface area (Å²) in [5, 5.41) is 16.4. The van der Waals surface area contributed by atoms with Crippen molar-refractivity contribution in [3.8, 4) is 5.75 Å². The highest BCUT2D eigenvalue weighted by Gasteiger charge is 2.12. The summed E-state index contributed by atoms with van der Waals surface area (Å²) in [5.74, 6) is 0.837. The van der Waals surface area contributed by atoms with Gasteiger partial charge in [-0.15, -0.1) is 11.3 Å². The molecule has 26 heavy (non-hydrogen) atoms. The number of rotatable bonds is 9. The van der Waals surface area contributed by atoms with Crippen LogP contribution in [0, 0.1) is 0 Å². The van der Waals surface area contributed by atoms with E-state index < -0.39 is 0 Å². The number of carbonyl (C=O) groups is 1. The Labute approximate surface area is 157 Å². The van der Waals surface area contributed by atoms with Crippen LogP contribution in [0.1, 0.15) is 23.6 Å². The van der Waals surface area contributed by atoms with Gasteiger partial charge in [0, 0.05) is 18.0 Å². The molecule has 2 N–H and O–H groups in total. The lowest BCUT2D eigenvalue weighted by molar-refractivity contribution is -0.123. The van der Waals surface area contributed by atoms with Crippen LogP contribution in [-0.2, 0) is 4.79 Å². The van der Waals surface area contributed by atoms with Crippen molar-refractivity contribution in [1.82, 2.24) is 5.32 Å². The molecule has 1 heterocycles. The second-order valence-corrected chi connectivity index (χ2v) is 7.14. The van der Waals surface area contributed by atoms with Crippen molar-refractivity contribution in [2.75, 3.05) is 19.8 Å². The van der Waals surface area contributed by atoms with Crippen LogP contribution in [0.3, 0.4) is 0 Å². The molecule has 0 bridgehead atoms. The zero-order chi connectivity index (χ0) is 18.2. The quantitative estimate of drug-likeness (QED) is 0.600. The number of thiophene rings is 1. The van der Waals surface area contributed by atoms with E-state index in [4.69, 9.17) is 4.74 Å². The third kappa shape index (κ3) is 5.07. The summed E-state index contributed by atoms with van der Waals surface area (Å²) in [5.41, 5.74) is 0. The monoisotopic (exact) mass is 369 g/mol. The van der Waals surface area contributed by atoms with Crippen LogP contribution >= 0.6 is 11.3 Å². The Morgan fingerprint density at radius 1 is 1.08 bits per heavy atom. The maximum atomic E-state index is 12.0. The molecular weight excluding hydrogens is 346 g/mol. The van der Waals surface area contributed by atoms with Crippen molar-refractivity contribution in [2.24, 2.45) is 0 Å². The zero-order valence-corrected chi connectivity index (χ0v) is 15.4. The number of fused-ring (bicyclic) bond motifs is 1. The maximum absolute atomic E-state index is 12.0. The Hall–Kier alpha value is -2.37. The van der Waals surface area contributed by atoms with E-state index in [0.29, 0.717) is 18.7 Å². The lowest BCUT2D eigenvalue weighted by Crippen LogP contribution is -2.30. The first-order valence-corrected chi connectivity index (χ1v) is 9.67. The molecule has 4 nitrogen and oxygen atoms in total. The fourth-order valence-corrected chi connectivity index (χ4v) is 3.85. The molecule has 1 atom stereocenters. The van der Waals surface area contributed by atoms with Crippen LogP contribution in [0.5, 0.6) is 5.75 Å². The van der Waals surface area contributed by atoms with Crippen molar-refractivity contribution in [3.63, 3.8) is 0 Å².